The number of hydrogen-bond donors (Lipinski definition) is 1. The number of nitrogens with zero attached hydrogens (tertiary/aromatic N) is 3. The van der Waals surface area contributed by atoms with Gasteiger partial charge >= 0.3 is 18.5 Å². The molecule has 2 heterocycles. The first-order valence-corrected chi connectivity index (χ1v) is 24.6. The molecule has 4 aromatic carbocycles. The number of alkyl halides is 10. The van der Waals surface area contributed by atoms with Crippen molar-refractivity contribution < 1.29 is 68.1 Å². The Morgan fingerprint density at radius 1 is 0.536 bits per heavy atom. The van der Waals surface area contributed by atoms with E-state index in [9.17, 15) is 49.1 Å². The molecule has 0 radical (unpaired) electrons. The normalized spacial score (nSPS) is 14.8. The number of carbonyl (C=O) groups excluding carboxylic acids is 2. The monoisotopic (exact) mass is 1090 g/mol. The Labute approximate surface area is 413 Å². The molecule has 2 aliphatic rings. The molecular formula is C46H42BrF9N4O6S3. The first-order valence-electron chi connectivity index (χ1n) is 20.0. The Morgan fingerprint density at radius 3 is 1.17 bits per heavy atom. The SMILES string of the molecule is N#Cc1ccc(C(=O)CBr)cc1.N#Cc1ccc(C(=O)CSCC(F)(F)F)cc1.N#Cc1ccc(C2(CSCC(F)(F)F)OCCO2)cc1.NCc1ccc(C2(CSCC(F)(F)F)OCCO2)cc1. The van der Waals surface area contributed by atoms with Gasteiger partial charge < -0.3 is 24.7 Å². The zero-order valence-electron chi connectivity index (χ0n) is 36.1. The van der Waals surface area contributed by atoms with E-state index in [1.54, 1.807) is 60.7 Å². The van der Waals surface area contributed by atoms with Crippen LogP contribution in [0, 0.1) is 34.0 Å². The lowest BCUT2D eigenvalue weighted by atomic mass is 10.1. The second kappa shape index (κ2) is 28.3. The molecule has 6 rings (SSSR count). The van der Waals surface area contributed by atoms with E-state index in [4.69, 9.17) is 40.5 Å². The summed E-state index contributed by atoms with van der Waals surface area (Å²) < 4.78 is 131. The largest absolute Gasteiger partial charge is 0.397 e. The average Bonchev–Trinajstić information content (AvgIpc) is 4.02. The van der Waals surface area contributed by atoms with Crippen molar-refractivity contribution in [2.24, 2.45) is 5.73 Å². The molecule has 0 unspecified atom stereocenters. The van der Waals surface area contributed by atoms with Gasteiger partial charge in [0.15, 0.2) is 11.6 Å². The highest BCUT2D eigenvalue weighted by atomic mass is 79.9. The Morgan fingerprint density at radius 2 is 0.855 bits per heavy atom. The van der Waals surface area contributed by atoms with Crippen LogP contribution >= 0.6 is 51.2 Å². The van der Waals surface area contributed by atoms with Crippen molar-refractivity contribution in [3.63, 3.8) is 0 Å². The number of rotatable bonds is 15. The molecule has 370 valence electrons. The quantitative estimate of drug-likeness (QED) is 0.0679. The van der Waals surface area contributed by atoms with Crippen LogP contribution in [0.15, 0.2) is 97.1 Å². The highest BCUT2D eigenvalue weighted by molar-refractivity contribution is 9.09. The highest BCUT2D eigenvalue weighted by Gasteiger charge is 2.41. The summed E-state index contributed by atoms with van der Waals surface area (Å²) in [5.74, 6) is -5.52. The van der Waals surface area contributed by atoms with Gasteiger partial charge in [0, 0.05) is 28.8 Å². The Bertz CT molecular complexity index is 2340. The van der Waals surface area contributed by atoms with Gasteiger partial charge in [-0.1, -0.05) is 76.6 Å². The minimum atomic E-state index is -4.25. The van der Waals surface area contributed by atoms with Gasteiger partial charge in [0.25, 0.3) is 0 Å². The van der Waals surface area contributed by atoms with Crippen LogP contribution in [0.3, 0.4) is 0 Å². The molecule has 2 fully saturated rings. The van der Waals surface area contributed by atoms with Crippen molar-refractivity contribution in [2.45, 2.75) is 36.6 Å². The number of nitrogens with two attached hydrogens (primary N) is 1. The fourth-order valence-corrected chi connectivity index (χ4v) is 8.63. The summed E-state index contributed by atoms with van der Waals surface area (Å²) in [5, 5.41) is 26.1. The van der Waals surface area contributed by atoms with Crippen LogP contribution in [0.4, 0.5) is 39.5 Å². The van der Waals surface area contributed by atoms with Gasteiger partial charge in [0.1, 0.15) is 0 Å². The van der Waals surface area contributed by atoms with E-state index < -0.39 is 47.4 Å². The molecule has 2 N–H and O–H groups in total. The molecule has 23 heteroatoms. The van der Waals surface area contributed by atoms with Crippen LogP contribution in [-0.2, 0) is 37.1 Å². The molecule has 0 aromatic heterocycles. The van der Waals surface area contributed by atoms with E-state index in [0.717, 1.165) is 34.7 Å². The summed E-state index contributed by atoms with van der Waals surface area (Å²) in [4.78, 5) is 22.5. The standard InChI is InChI=1S/C13H16F3NO2S.C13H12F3NO2S.C11H8F3NOS.C9H6BrNO/c2*14-13(15,16)9-20-8-12(18-5-6-19-12)11-3-1-10(7-17)2-4-11;12-11(13,14)7-17-6-10(16)9-3-1-8(5-15)2-4-9;10-5-9(12)8-3-1-7(6-11)2-4-8/h1-4H,5-9,17H2;1-4H,5-6,8-9H2;1-4H,6-7H2;1-4H,5H2. The molecule has 2 aliphatic heterocycles. The molecule has 2 saturated heterocycles. The van der Waals surface area contributed by atoms with Gasteiger partial charge in [-0.25, -0.2) is 0 Å². The number of nitriles is 3. The smallest absolute Gasteiger partial charge is 0.343 e. The van der Waals surface area contributed by atoms with E-state index in [1.165, 1.54) is 24.3 Å². The Hall–Kier alpha value is -4.61. The number of benzene rings is 4. The van der Waals surface area contributed by atoms with E-state index in [0.29, 0.717) is 83.4 Å². The number of Topliss-reactive ketones (excluding diaryl/α,β-unsaturated/α-hetero) is 2. The first kappa shape index (κ1) is 58.7. The molecule has 0 spiro atoms. The zero-order valence-corrected chi connectivity index (χ0v) is 40.1. The van der Waals surface area contributed by atoms with Crippen LogP contribution in [-0.4, -0.2) is 96.4 Å². The highest BCUT2D eigenvalue weighted by Crippen LogP contribution is 2.38. The molecule has 0 amide bonds. The van der Waals surface area contributed by atoms with Gasteiger partial charge in [0.05, 0.1) is 101 Å². The first-order chi connectivity index (χ1) is 32.6. The van der Waals surface area contributed by atoms with Gasteiger partial charge in [-0.15, -0.1) is 35.3 Å². The van der Waals surface area contributed by atoms with E-state index in [1.807, 2.05) is 30.3 Å². The molecule has 0 atom stereocenters. The number of halogens is 10. The summed E-state index contributed by atoms with van der Waals surface area (Å²) in [6.45, 7) is 1.85. The zero-order chi connectivity index (χ0) is 51.1. The molecular weight excluding hydrogens is 1050 g/mol. The summed E-state index contributed by atoms with van der Waals surface area (Å²) in [7, 11) is 0. The molecule has 10 nitrogen and oxygen atoms in total. The van der Waals surface area contributed by atoms with Crippen molar-refractivity contribution >= 4 is 62.8 Å². The minimum absolute atomic E-state index is 0.0273. The lowest BCUT2D eigenvalue weighted by Gasteiger charge is -2.27. The van der Waals surface area contributed by atoms with Gasteiger partial charge in [0.2, 0.25) is 11.6 Å². The van der Waals surface area contributed by atoms with Crippen LogP contribution in [0.25, 0.3) is 0 Å². The minimum Gasteiger partial charge on any atom is -0.343 e. The maximum atomic E-state index is 12.2. The van der Waals surface area contributed by atoms with Crippen LogP contribution in [0.5, 0.6) is 0 Å². The van der Waals surface area contributed by atoms with Gasteiger partial charge in [-0.05, 0) is 42.0 Å². The van der Waals surface area contributed by atoms with Crippen LogP contribution in [0.1, 0.15) is 54.1 Å². The van der Waals surface area contributed by atoms with Crippen molar-refractivity contribution in [3.8, 4) is 18.2 Å². The fraction of sp³-hybridized carbons (Fsp3) is 0.370. The maximum Gasteiger partial charge on any atom is 0.397 e. The Balaban J connectivity index is 0.000000248. The van der Waals surface area contributed by atoms with E-state index >= 15 is 0 Å². The van der Waals surface area contributed by atoms with Gasteiger partial charge in [-0.2, -0.15) is 55.3 Å². The molecule has 4 aromatic rings. The molecule has 0 aliphatic carbocycles. The molecule has 0 bridgehead atoms. The van der Waals surface area contributed by atoms with Crippen LogP contribution in [0.2, 0.25) is 0 Å². The van der Waals surface area contributed by atoms with E-state index in [-0.39, 0.29) is 28.8 Å². The lowest BCUT2D eigenvalue weighted by molar-refractivity contribution is -0.146. The summed E-state index contributed by atoms with van der Waals surface area (Å²) >= 11 is 5.09. The second-order valence-electron chi connectivity index (χ2n) is 14.2. The van der Waals surface area contributed by atoms with Crippen molar-refractivity contribution in [3.05, 3.63) is 142 Å². The predicted octanol–water partition coefficient (Wildman–Crippen LogP) is 10.9. The number of ether oxygens (including phenoxy) is 4. The lowest BCUT2D eigenvalue weighted by Crippen LogP contribution is -2.31. The van der Waals surface area contributed by atoms with Crippen molar-refractivity contribution in [1.82, 2.24) is 0 Å². The number of thioether (sulfide) groups is 3. The number of ketones is 2. The third-order valence-electron chi connectivity index (χ3n) is 9.00. The Kier molecular flexibility index (Phi) is 24.1. The third-order valence-corrected chi connectivity index (χ3v) is 12.7. The van der Waals surface area contributed by atoms with Crippen LogP contribution < -0.4 is 5.73 Å². The average molecular weight is 1090 g/mol. The summed E-state index contributed by atoms with van der Waals surface area (Å²) in [5.41, 5.74) is 10.2. The molecule has 69 heavy (non-hydrogen) atoms. The van der Waals surface area contributed by atoms with E-state index in [2.05, 4.69) is 15.9 Å². The molecule has 0 saturated carbocycles. The maximum absolute atomic E-state index is 12.2. The third kappa shape index (κ3) is 21.1. The second-order valence-corrected chi connectivity index (χ2v) is 17.7. The number of carbonyl (C=O) groups is 2. The van der Waals surface area contributed by atoms with Gasteiger partial charge in [-0.3, -0.25) is 9.59 Å². The van der Waals surface area contributed by atoms with Crippen molar-refractivity contribution in [1.29, 1.82) is 15.8 Å². The fourth-order valence-electron chi connectivity index (χ4n) is 5.75. The van der Waals surface area contributed by atoms with Crippen molar-refractivity contribution in [2.75, 3.05) is 66.3 Å². The number of hydrogen-bond acceptors (Lipinski definition) is 13. The predicted molar refractivity (Wildman–Crippen MR) is 248 cm³/mol. The summed E-state index contributed by atoms with van der Waals surface area (Å²) in [6, 6.07) is 32.0. The summed E-state index contributed by atoms with van der Waals surface area (Å²) in [6.07, 6.45) is -12.7. The topological polar surface area (TPSA) is 168 Å².